The number of urea groups is 2. The zero-order valence-electron chi connectivity index (χ0n) is 16.6. The molecule has 0 fully saturated rings. The van der Waals surface area contributed by atoms with Crippen molar-refractivity contribution in [2.45, 2.75) is 25.9 Å². The highest BCUT2D eigenvalue weighted by Gasteiger charge is 2.04. The molecular formula is C20H26N8O2. The first-order chi connectivity index (χ1) is 14.7. The normalized spacial score (nSPS) is 10.4. The van der Waals surface area contributed by atoms with Crippen LogP contribution in [0.25, 0.3) is 0 Å². The number of nitrogens with zero attached hydrogens (tertiary/aromatic N) is 2. The highest BCUT2D eigenvalue weighted by molar-refractivity contribution is 5.74. The zero-order valence-corrected chi connectivity index (χ0v) is 16.6. The van der Waals surface area contributed by atoms with E-state index in [-0.39, 0.29) is 12.1 Å². The van der Waals surface area contributed by atoms with E-state index in [1.807, 2.05) is 24.3 Å². The van der Waals surface area contributed by atoms with Gasteiger partial charge in [-0.25, -0.2) is 19.6 Å². The Morgan fingerprint density at radius 2 is 1.27 bits per heavy atom. The third-order valence-electron chi connectivity index (χ3n) is 4.37. The first-order valence-electron chi connectivity index (χ1n) is 9.75. The maximum absolute atomic E-state index is 11.9. The smallest absolute Gasteiger partial charge is 0.315 e. The van der Waals surface area contributed by atoms with Crippen LogP contribution in [0, 0.1) is 0 Å². The molecule has 0 spiro atoms. The van der Waals surface area contributed by atoms with Crippen LogP contribution in [0.3, 0.4) is 0 Å². The standard InChI is InChI=1S/C20H26N8O2/c29-19(23-6-4-17-11-21-13-27-17)25-9-15-2-1-3-16(8-15)10-26-20(30)24-7-5-18-12-22-14-28-18/h1-3,8,11-14H,4-7,9-10H2,(H,21,27)(H,22,28)(H2,23,25,29)(H2,24,26,30). The van der Waals surface area contributed by atoms with Crippen molar-refractivity contribution < 1.29 is 9.59 Å². The molecular weight excluding hydrogens is 384 g/mol. The van der Waals surface area contributed by atoms with E-state index in [9.17, 15) is 9.59 Å². The van der Waals surface area contributed by atoms with Crippen LogP contribution in [0.2, 0.25) is 0 Å². The van der Waals surface area contributed by atoms with Crippen molar-refractivity contribution in [3.05, 3.63) is 71.8 Å². The predicted molar refractivity (Wildman–Crippen MR) is 112 cm³/mol. The third-order valence-corrected chi connectivity index (χ3v) is 4.37. The first-order valence-corrected chi connectivity index (χ1v) is 9.75. The van der Waals surface area contributed by atoms with Crippen LogP contribution < -0.4 is 21.3 Å². The number of carbonyl (C=O) groups excluding carboxylic acids is 2. The van der Waals surface area contributed by atoms with E-state index in [1.165, 1.54) is 0 Å². The van der Waals surface area contributed by atoms with Crippen LogP contribution in [0.15, 0.2) is 49.3 Å². The van der Waals surface area contributed by atoms with E-state index in [2.05, 4.69) is 41.2 Å². The fourth-order valence-corrected chi connectivity index (χ4v) is 2.80. The van der Waals surface area contributed by atoms with Crippen LogP contribution in [-0.4, -0.2) is 45.1 Å². The first kappa shape index (κ1) is 20.9. The molecule has 0 saturated heterocycles. The number of nitrogens with one attached hydrogen (secondary N) is 6. The van der Waals surface area contributed by atoms with E-state index in [4.69, 9.17) is 0 Å². The van der Waals surface area contributed by atoms with Gasteiger partial charge < -0.3 is 31.2 Å². The average molecular weight is 410 g/mol. The molecule has 0 aliphatic rings. The Morgan fingerprint density at radius 1 is 0.767 bits per heavy atom. The van der Waals surface area contributed by atoms with Crippen molar-refractivity contribution in [3.63, 3.8) is 0 Å². The number of carbonyl (C=O) groups is 2. The van der Waals surface area contributed by atoms with Crippen LogP contribution in [0.1, 0.15) is 22.5 Å². The van der Waals surface area contributed by atoms with Crippen molar-refractivity contribution in [1.82, 2.24) is 41.2 Å². The van der Waals surface area contributed by atoms with Gasteiger partial charge in [0.15, 0.2) is 0 Å². The minimum atomic E-state index is -0.227. The monoisotopic (exact) mass is 410 g/mol. The van der Waals surface area contributed by atoms with Crippen molar-refractivity contribution in [3.8, 4) is 0 Å². The number of benzene rings is 1. The highest BCUT2D eigenvalue weighted by Crippen LogP contribution is 2.05. The number of rotatable bonds is 10. The van der Waals surface area contributed by atoms with Gasteiger partial charge in [0.25, 0.3) is 0 Å². The Hall–Kier alpha value is -3.82. The number of H-pyrrole nitrogens is 2. The third kappa shape index (κ3) is 7.30. The minimum Gasteiger partial charge on any atom is -0.348 e. The summed E-state index contributed by atoms with van der Waals surface area (Å²) in [6.07, 6.45) is 8.08. The Kier molecular flexibility index (Phi) is 7.84. The van der Waals surface area contributed by atoms with Gasteiger partial charge in [0.1, 0.15) is 0 Å². The molecule has 10 heteroatoms. The van der Waals surface area contributed by atoms with Crippen LogP contribution >= 0.6 is 0 Å². The number of aromatic amines is 2. The van der Waals surface area contributed by atoms with Crippen LogP contribution in [-0.2, 0) is 25.9 Å². The molecule has 2 aromatic heterocycles. The summed E-state index contributed by atoms with van der Waals surface area (Å²) in [7, 11) is 0. The summed E-state index contributed by atoms with van der Waals surface area (Å²) in [5, 5.41) is 11.3. The number of imidazole rings is 2. The molecule has 0 radical (unpaired) electrons. The average Bonchev–Trinajstić information content (AvgIpc) is 3.45. The molecule has 0 atom stereocenters. The number of amides is 4. The van der Waals surface area contributed by atoms with E-state index < -0.39 is 0 Å². The second-order valence-electron chi connectivity index (χ2n) is 6.69. The maximum atomic E-state index is 11.9. The molecule has 158 valence electrons. The van der Waals surface area contributed by atoms with Gasteiger partial charge in [-0.3, -0.25) is 0 Å². The van der Waals surface area contributed by atoms with Gasteiger partial charge in [0.2, 0.25) is 0 Å². The summed E-state index contributed by atoms with van der Waals surface area (Å²) in [5.41, 5.74) is 3.86. The topological polar surface area (TPSA) is 140 Å². The van der Waals surface area contributed by atoms with Gasteiger partial charge in [-0.15, -0.1) is 0 Å². The molecule has 4 amide bonds. The van der Waals surface area contributed by atoms with Gasteiger partial charge in [-0.05, 0) is 11.1 Å². The van der Waals surface area contributed by atoms with Crippen molar-refractivity contribution >= 4 is 12.1 Å². The Morgan fingerprint density at radius 3 is 1.70 bits per heavy atom. The van der Waals surface area contributed by atoms with Crippen LogP contribution in [0.5, 0.6) is 0 Å². The lowest BCUT2D eigenvalue weighted by atomic mass is 10.1. The molecule has 1 aromatic carbocycles. The second-order valence-corrected chi connectivity index (χ2v) is 6.69. The van der Waals surface area contributed by atoms with Gasteiger partial charge in [0.05, 0.1) is 12.7 Å². The molecule has 0 bridgehead atoms. The van der Waals surface area contributed by atoms with Crippen molar-refractivity contribution in [1.29, 1.82) is 0 Å². The lowest BCUT2D eigenvalue weighted by Gasteiger charge is -2.10. The fraction of sp³-hybridized carbons (Fsp3) is 0.300. The lowest BCUT2D eigenvalue weighted by Crippen LogP contribution is -2.36. The Bertz CT molecular complexity index is 837. The fourth-order valence-electron chi connectivity index (χ4n) is 2.80. The summed E-state index contributed by atoms with van der Waals surface area (Å²) in [6.45, 7) is 1.85. The summed E-state index contributed by atoms with van der Waals surface area (Å²) < 4.78 is 0. The van der Waals surface area contributed by atoms with Gasteiger partial charge in [0, 0.05) is 62.8 Å². The largest absolute Gasteiger partial charge is 0.348 e. The molecule has 0 unspecified atom stereocenters. The zero-order chi connectivity index (χ0) is 21.0. The number of hydrogen-bond donors (Lipinski definition) is 6. The molecule has 10 nitrogen and oxygen atoms in total. The summed E-state index contributed by atoms with van der Waals surface area (Å²) >= 11 is 0. The maximum Gasteiger partial charge on any atom is 0.315 e. The Balaban J connectivity index is 1.32. The number of hydrogen-bond acceptors (Lipinski definition) is 4. The Labute approximate surface area is 174 Å². The quantitative estimate of drug-likeness (QED) is 0.299. The molecule has 30 heavy (non-hydrogen) atoms. The van der Waals surface area contributed by atoms with E-state index >= 15 is 0 Å². The van der Waals surface area contributed by atoms with Crippen molar-refractivity contribution in [2.75, 3.05) is 13.1 Å². The molecule has 2 heterocycles. The summed E-state index contributed by atoms with van der Waals surface area (Å²) in [4.78, 5) is 37.7. The summed E-state index contributed by atoms with van der Waals surface area (Å²) in [6, 6.07) is 7.26. The SMILES string of the molecule is O=C(NCCc1cnc[nH]1)NCc1cccc(CNC(=O)NCCc2cnc[nH]2)c1. The molecule has 0 saturated carbocycles. The molecule has 0 aliphatic carbocycles. The minimum absolute atomic E-state index is 0.227. The second kappa shape index (κ2) is 11.2. The van der Waals surface area contributed by atoms with Crippen LogP contribution in [0.4, 0.5) is 9.59 Å². The predicted octanol–water partition coefficient (Wildman–Crippen LogP) is 1.22. The lowest BCUT2D eigenvalue weighted by molar-refractivity contribution is 0.240. The summed E-state index contributed by atoms with van der Waals surface area (Å²) in [5.74, 6) is 0. The van der Waals surface area contributed by atoms with Gasteiger partial charge in [-0.2, -0.15) is 0 Å². The van der Waals surface area contributed by atoms with E-state index in [0.29, 0.717) is 39.0 Å². The molecule has 6 N–H and O–H groups in total. The van der Waals surface area contributed by atoms with Gasteiger partial charge in [-0.1, -0.05) is 24.3 Å². The number of aromatic nitrogens is 4. The van der Waals surface area contributed by atoms with Gasteiger partial charge >= 0.3 is 12.1 Å². The molecule has 3 aromatic rings. The molecule has 3 rings (SSSR count). The van der Waals surface area contributed by atoms with Crippen molar-refractivity contribution in [2.24, 2.45) is 0 Å². The van der Waals surface area contributed by atoms with E-state index in [0.717, 1.165) is 22.5 Å². The van der Waals surface area contributed by atoms with E-state index in [1.54, 1.807) is 25.0 Å². The molecule has 0 aliphatic heterocycles. The highest BCUT2D eigenvalue weighted by atomic mass is 16.2.